The Bertz CT molecular complexity index is 966. The summed E-state index contributed by atoms with van der Waals surface area (Å²) in [5.74, 6) is -1.26. The summed E-state index contributed by atoms with van der Waals surface area (Å²) in [4.78, 5) is 25.8. The predicted octanol–water partition coefficient (Wildman–Crippen LogP) is -0.0614. The molecule has 2 aromatic carbocycles. The quantitative estimate of drug-likeness (QED) is 0.138. The maximum absolute atomic E-state index is 12.3. The molecule has 13 nitrogen and oxygen atoms in total. The Morgan fingerprint density at radius 3 is 1.82 bits per heavy atom. The second kappa shape index (κ2) is 15.3. The SMILES string of the molecule is COc1cc(O)c(C(=O)c2ccccc2)cc1S(=O)(=O)O.OCCON(OCCO)OCCO. The van der Waals surface area contributed by atoms with Gasteiger partial charge in [0.1, 0.15) is 16.4 Å². The van der Waals surface area contributed by atoms with Gasteiger partial charge >= 0.3 is 0 Å². The summed E-state index contributed by atoms with van der Waals surface area (Å²) in [6.07, 6.45) is 0. The second-order valence-electron chi connectivity index (χ2n) is 6.08. The normalized spacial score (nSPS) is 11.1. The zero-order chi connectivity index (χ0) is 25.6. The van der Waals surface area contributed by atoms with E-state index in [0.717, 1.165) is 12.1 Å². The lowest BCUT2D eigenvalue weighted by molar-refractivity contribution is -0.527. The summed E-state index contributed by atoms with van der Waals surface area (Å²) in [5, 5.41) is 35.7. The predicted molar refractivity (Wildman–Crippen MR) is 115 cm³/mol. The van der Waals surface area contributed by atoms with Crippen LogP contribution in [-0.2, 0) is 24.6 Å². The van der Waals surface area contributed by atoms with Gasteiger partial charge in [0, 0.05) is 11.6 Å². The van der Waals surface area contributed by atoms with Gasteiger partial charge in [-0.25, -0.2) is 14.5 Å². The number of nitrogens with zero attached hydrogens (tertiary/aromatic N) is 1. The first-order valence-electron chi connectivity index (χ1n) is 9.69. The standard InChI is InChI=1S/C14H12O6S.C6H15NO6/c1-20-12-8-11(15)10(7-13(12)21(17,18)19)14(16)9-5-3-2-4-6-9;8-1-4-11-7(12-5-2-9)13-6-3-10/h2-8,15H,1H3,(H,17,18,19);8-10H,1-6H2. The van der Waals surface area contributed by atoms with Crippen LogP contribution >= 0.6 is 0 Å². The summed E-state index contributed by atoms with van der Waals surface area (Å²) in [5.41, 5.74) is 0.0360. The van der Waals surface area contributed by atoms with Gasteiger partial charge in [-0.1, -0.05) is 30.3 Å². The van der Waals surface area contributed by atoms with Crippen LogP contribution in [0.3, 0.4) is 0 Å². The Morgan fingerprint density at radius 1 is 0.912 bits per heavy atom. The van der Waals surface area contributed by atoms with Crippen molar-refractivity contribution in [2.24, 2.45) is 0 Å². The van der Waals surface area contributed by atoms with Crippen LogP contribution in [0.2, 0.25) is 0 Å². The van der Waals surface area contributed by atoms with Crippen LogP contribution in [0.15, 0.2) is 47.4 Å². The molecule has 0 spiro atoms. The third kappa shape index (κ3) is 9.68. The molecule has 0 aliphatic carbocycles. The van der Waals surface area contributed by atoms with Gasteiger partial charge in [0.15, 0.2) is 5.78 Å². The fraction of sp³-hybridized carbons (Fsp3) is 0.350. The molecule has 0 radical (unpaired) electrons. The van der Waals surface area contributed by atoms with Crippen LogP contribution in [-0.4, -0.2) is 91.3 Å². The molecule has 190 valence electrons. The van der Waals surface area contributed by atoms with Gasteiger partial charge in [0.25, 0.3) is 10.1 Å². The zero-order valence-corrected chi connectivity index (χ0v) is 19.0. The molecule has 0 saturated carbocycles. The largest absolute Gasteiger partial charge is 0.507 e. The highest BCUT2D eigenvalue weighted by molar-refractivity contribution is 7.86. The maximum Gasteiger partial charge on any atom is 0.298 e. The minimum Gasteiger partial charge on any atom is -0.507 e. The molecule has 0 heterocycles. The fourth-order valence-corrected chi connectivity index (χ4v) is 2.96. The molecule has 5 N–H and O–H groups in total. The summed E-state index contributed by atoms with van der Waals surface area (Å²) in [7, 11) is -3.41. The molecule has 0 bridgehead atoms. The number of phenols is 1. The Balaban J connectivity index is 0.000000385. The Hall–Kier alpha value is -2.66. The van der Waals surface area contributed by atoms with Gasteiger partial charge in [-0.15, -0.1) is 0 Å². The number of benzene rings is 2. The minimum absolute atomic E-state index is 0.0108. The van der Waals surface area contributed by atoms with Crippen LogP contribution < -0.4 is 4.74 Å². The fourth-order valence-electron chi connectivity index (χ4n) is 2.30. The molecular weight excluding hydrogens is 478 g/mol. The van der Waals surface area contributed by atoms with Crippen LogP contribution in [0.5, 0.6) is 11.5 Å². The van der Waals surface area contributed by atoms with Crippen molar-refractivity contribution in [2.45, 2.75) is 4.90 Å². The number of phenolic OH excluding ortho intramolecular Hbond substituents is 1. The number of aliphatic hydroxyl groups excluding tert-OH is 3. The molecule has 0 fully saturated rings. The smallest absolute Gasteiger partial charge is 0.298 e. The van der Waals surface area contributed by atoms with Crippen molar-refractivity contribution in [3.8, 4) is 11.5 Å². The molecule has 0 unspecified atom stereocenters. The highest BCUT2D eigenvalue weighted by Crippen LogP contribution is 2.32. The van der Waals surface area contributed by atoms with Gasteiger partial charge in [-0.2, -0.15) is 8.42 Å². The third-order valence-electron chi connectivity index (χ3n) is 3.70. The van der Waals surface area contributed by atoms with E-state index in [1.807, 2.05) is 0 Å². The Morgan fingerprint density at radius 2 is 1.41 bits per heavy atom. The number of carbonyl (C=O) groups is 1. The second-order valence-corrected chi connectivity index (χ2v) is 7.47. The van der Waals surface area contributed by atoms with Crippen LogP contribution in [0.1, 0.15) is 15.9 Å². The maximum atomic E-state index is 12.3. The number of ketones is 1. The summed E-state index contributed by atoms with van der Waals surface area (Å²) in [6.45, 7) is -0.505. The van der Waals surface area contributed by atoms with E-state index in [9.17, 15) is 18.3 Å². The number of ether oxygens (including phenoxy) is 1. The molecule has 0 aromatic heterocycles. The number of hydrogen-bond acceptors (Lipinski definition) is 12. The summed E-state index contributed by atoms with van der Waals surface area (Å²) < 4.78 is 36.6. The Kier molecular flexibility index (Phi) is 13.2. The monoisotopic (exact) mass is 505 g/mol. The van der Waals surface area contributed by atoms with Gasteiger partial charge < -0.3 is 25.2 Å². The van der Waals surface area contributed by atoms with E-state index in [1.54, 1.807) is 18.2 Å². The van der Waals surface area contributed by atoms with Crippen molar-refractivity contribution in [3.63, 3.8) is 0 Å². The average Bonchev–Trinajstić information content (AvgIpc) is 2.83. The van der Waals surface area contributed by atoms with E-state index >= 15 is 0 Å². The van der Waals surface area contributed by atoms with Gasteiger partial charge in [0.2, 0.25) is 0 Å². The zero-order valence-electron chi connectivity index (χ0n) is 18.2. The van der Waals surface area contributed by atoms with Crippen LogP contribution in [0, 0.1) is 0 Å². The van der Waals surface area contributed by atoms with Gasteiger partial charge in [-0.3, -0.25) is 9.35 Å². The van der Waals surface area contributed by atoms with E-state index in [0.29, 0.717) is 5.39 Å². The molecule has 0 aliphatic rings. The number of carbonyl (C=O) groups excluding carboxylic acids is 1. The molecule has 34 heavy (non-hydrogen) atoms. The lowest BCUT2D eigenvalue weighted by Gasteiger charge is -2.17. The topological polar surface area (TPSA) is 193 Å². The molecule has 0 amide bonds. The summed E-state index contributed by atoms with van der Waals surface area (Å²) >= 11 is 0. The number of rotatable bonds is 13. The number of aromatic hydroxyl groups is 1. The number of aliphatic hydroxyl groups is 3. The van der Waals surface area contributed by atoms with E-state index < -0.39 is 26.5 Å². The highest BCUT2D eigenvalue weighted by atomic mass is 32.2. The third-order valence-corrected chi connectivity index (χ3v) is 4.58. The first kappa shape index (κ1) is 29.4. The van der Waals surface area contributed by atoms with Crippen molar-refractivity contribution in [1.82, 2.24) is 5.39 Å². The molecular formula is C20H27NO12S. The van der Waals surface area contributed by atoms with Crippen LogP contribution in [0.25, 0.3) is 0 Å². The van der Waals surface area contributed by atoms with Crippen LogP contribution in [0.4, 0.5) is 0 Å². The average molecular weight is 505 g/mol. The number of hydrogen-bond donors (Lipinski definition) is 5. The minimum atomic E-state index is -4.59. The first-order valence-corrected chi connectivity index (χ1v) is 11.1. The van der Waals surface area contributed by atoms with E-state index in [2.05, 4.69) is 0 Å². The van der Waals surface area contributed by atoms with Crippen molar-refractivity contribution >= 4 is 15.9 Å². The van der Waals surface area contributed by atoms with E-state index in [4.69, 9.17) is 39.1 Å². The summed E-state index contributed by atoms with van der Waals surface area (Å²) in [6, 6.07) is 9.90. The molecule has 2 aromatic rings. The number of methoxy groups -OCH3 is 1. The van der Waals surface area contributed by atoms with E-state index in [1.165, 1.54) is 19.2 Å². The van der Waals surface area contributed by atoms with E-state index in [-0.39, 0.29) is 56.5 Å². The molecule has 0 saturated heterocycles. The molecule has 14 heteroatoms. The van der Waals surface area contributed by atoms with Crippen molar-refractivity contribution in [2.75, 3.05) is 46.8 Å². The first-order chi connectivity index (χ1) is 16.2. The van der Waals surface area contributed by atoms with Crippen molar-refractivity contribution in [3.05, 3.63) is 53.6 Å². The molecule has 2 rings (SSSR count). The lowest BCUT2D eigenvalue weighted by atomic mass is 10.0. The molecule has 0 aliphatic heterocycles. The molecule has 0 atom stereocenters. The van der Waals surface area contributed by atoms with Crippen molar-refractivity contribution < 1.29 is 57.4 Å². The van der Waals surface area contributed by atoms with Gasteiger partial charge in [-0.05, 0) is 6.07 Å². The van der Waals surface area contributed by atoms with Crippen molar-refractivity contribution in [1.29, 1.82) is 0 Å². The Labute approximate surface area is 195 Å². The lowest BCUT2D eigenvalue weighted by Crippen LogP contribution is -2.28. The highest BCUT2D eigenvalue weighted by Gasteiger charge is 2.23. The van der Waals surface area contributed by atoms with Gasteiger partial charge in [0.05, 0.1) is 57.7 Å².